The molecule has 0 atom stereocenters. The van der Waals surface area contributed by atoms with Crippen LogP contribution in [0.5, 0.6) is 0 Å². The predicted octanol–water partition coefficient (Wildman–Crippen LogP) is 3.86. The average Bonchev–Trinajstić information content (AvgIpc) is 3.01. The summed E-state index contributed by atoms with van der Waals surface area (Å²) in [6.45, 7) is 9.76. The maximum Gasteiger partial charge on any atom is 0.407 e. The Kier molecular flexibility index (Phi) is 9.20. The van der Waals surface area contributed by atoms with E-state index in [4.69, 9.17) is 33.7 Å². The van der Waals surface area contributed by atoms with Crippen LogP contribution in [0.2, 0.25) is 10.0 Å². The lowest BCUT2D eigenvalue weighted by molar-refractivity contribution is 0.0522. The van der Waals surface area contributed by atoms with Crippen LogP contribution in [0.3, 0.4) is 0 Å². The highest BCUT2D eigenvalue weighted by molar-refractivity contribution is 7.99. The fourth-order valence-corrected chi connectivity index (χ4v) is 5.08. The number of ether oxygens (including phenoxy) is 1. The van der Waals surface area contributed by atoms with Crippen molar-refractivity contribution in [3.05, 3.63) is 38.6 Å². The Bertz CT molecular complexity index is 1120. The van der Waals surface area contributed by atoms with E-state index < -0.39 is 11.7 Å². The summed E-state index contributed by atoms with van der Waals surface area (Å²) in [6.07, 6.45) is 0.470. The normalized spacial score (nSPS) is 15.1. The molecule has 0 aliphatic carbocycles. The molecule has 0 radical (unpaired) electrons. The van der Waals surface area contributed by atoms with Crippen molar-refractivity contribution in [3.63, 3.8) is 0 Å². The Morgan fingerprint density at radius 1 is 1.23 bits per heavy atom. The number of hydrogen-bond acceptors (Lipinski definition) is 8. The minimum absolute atomic E-state index is 0.159. The van der Waals surface area contributed by atoms with Gasteiger partial charge in [0.15, 0.2) is 0 Å². The number of benzene rings is 1. The van der Waals surface area contributed by atoms with Crippen molar-refractivity contribution in [2.75, 3.05) is 49.9 Å². The molecular formula is C23H32Cl2N6O3S. The molecule has 0 spiro atoms. The minimum atomic E-state index is -0.521. The molecule has 2 heterocycles. The molecule has 1 fully saturated rings. The van der Waals surface area contributed by atoms with E-state index in [2.05, 4.69) is 20.1 Å². The molecule has 192 valence electrons. The number of carbonyl (C=O) groups excluding carboxylic acids is 1. The second-order valence-corrected chi connectivity index (χ2v) is 11.1. The molecule has 35 heavy (non-hydrogen) atoms. The van der Waals surface area contributed by atoms with Gasteiger partial charge in [-0.25, -0.2) is 4.79 Å². The van der Waals surface area contributed by atoms with Gasteiger partial charge in [0.2, 0.25) is 5.95 Å². The summed E-state index contributed by atoms with van der Waals surface area (Å²) in [6, 6.07) is 5.24. The molecule has 1 aliphatic heterocycles. The number of amides is 1. The highest BCUT2D eigenvalue weighted by atomic mass is 35.5. The molecule has 1 saturated heterocycles. The molecule has 9 nitrogen and oxygen atoms in total. The highest BCUT2D eigenvalue weighted by Gasteiger charge is 2.22. The van der Waals surface area contributed by atoms with Gasteiger partial charge >= 0.3 is 6.09 Å². The number of hydrogen-bond donors (Lipinski definition) is 2. The van der Waals surface area contributed by atoms with E-state index in [0.717, 1.165) is 37.8 Å². The van der Waals surface area contributed by atoms with Gasteiger partial charge in [0.05, 0.1) is 10.0 Å². The first-order valence-corrected chi connectivity index (χ1v) is 13.0. The van der Waals surface area contributed by atoms with Crippen LogP contribution in [0.15, 0.2) is 32.8 Å². The third-order valence-corrected chi connectivity index (χ3v) is 7.43. The van der Waals surface area contributed by atoms with Crippen LogP contribution >= 0.6 is 35.0 Å². The van der Waals surface area contributed by atoms with E-state index in [9.17, 15) is 9.59 Å². The zero-order valence-corrected chi connectivity index (χ0v) is 22.8. The van der Waals surface area contributed by atoms with Crippen LogP contribution in [0.4, 0.5) is 16.6 Å². The lowest BCUT2D eigenvalue weighted by atomic mass is 10.2. The highest BCUT2D eigenvalue weighted by Crippen LogP contribution is 2.37. The van der Waals surface area contributed by atoms with Gasteiger partial charge in [0, 0.05) is 44.7 Å². The van der Waals surface area contributed by atoms with Gasteiger partial charge in [-0.3, -0.25) is 14.3 Å². The number of rotatable bonds is 6. The zero-order chi connectivity index (χ0) is 25.8. The van der Waals surface area contributed by atoms with Crippen LogP contribution in [-0.4, -0.2) is 65.4 Å². The van der Waals surface area contributed by atoms with E-state index in [1.54, 1.807) is 25.2 Å². The van der Waals surface area contributed by atoms with Crippen molar-refractivity contribution in [2.45, 2.75) is 42.6 Å². The molecule has 1 aliphatic rings. The van der Waals surface area contributed by atoms with Crippen molar-refractivity contribution in [1.82, 2.24) is 19.8 Å². The first kappa shape index (κ1) is 27.4. The monoisotopic (exact) mass is 542 g/mol. The SMILES string of the molecule is Cn1c(N2CCCN(CCNC(=O)OC(C)(C)C)CC2)nc(N)c(Sc2cccc(Cl)c2Cl)c1=O. The third-order valence-electron chi connectivity index (χ3n) is 5.35. The summed E-state index contributed by atoms with van der Waals surface area (Å²) in [5.41, 5.74) is 5.47. The number of halogens is 2. The number of nitrogens with one attached hydrogen (secondary N) is 1. The molecule has 2 aromatic rings. The zero-order valence-electron chi connectivity index (χ0n) is 20.4. The summed E-state index contributed by atoms with van der Waals surface area (Å²) in [5.74, 6) is 0.689. The van der Waals surface area contributed by atoms with Gasteiger partial charge in [0.1, 0.15) is 16.3 Å². The molecular weight excluding hydrogens is 511 g/mol. The predicted molar refractivity (Wildman–Crippen MR) is 142 cm³/mol. The summed E-state index contributed by atoms with van der Waals surface area (Å²) in [5, 5.41) is 3.58. The number of aromatic nitrogens is 2. The van der Waals surface area contributed by atoms with Crippen molar-refractivity contribution < 1.29 is 9.53 Å². The second-order valence-electron chi connectivity index (χ2n) is 9.26. The maximum atomic E-state index is 13.2. The number of nitrogens with two attached hydrogens (primary N) is 1. The second kappa shape index (κ2) is 11.7. The molecule has 3 rings (SSSR count). The number of alkyl carbamates (subject to hydrolysis) is 1. The summed E-state index contributed by atoms with van der Waals surface area (Å²) in [7, 11) is 1.70. The first-order chi connectivity index (χ1) is 16.5. The van der Waals surface area contributed by atoms with E-state index in [0.29, 0.717) is 45.4 Å². The van der Waals surface area contributed by atoms with E-state index in [1.165, 1.54) is 4.57 Å². The number of carbonyl (C=O) groups is 1. The van der Waals surface area contributed by atoms with Crippen molar-refractivity contribution in [2.24, 2.45) is 7.05 Å². The lowest BCUT2D eigenvalue weighted by Gasteiger charge is -2.25. The Balaban J connectivity index is 1.65. The van der Waals surface area contributed by atoms with Gasteiger partial charge in [0.25, 0.3) is 5.56 Å². The van der Waals surface area contributed by atoms with Crippen molar-refractivity contribution in [3.8, 4) is 0 Å². The molecule has 0 bridgehead atoms. The van der Waals surface area contributed by atoms with Gasteiger partial charge in [-0.2, -0.15) is 4.98 Å². The first-order valence-electron chi connectivity index (χ1n) is 11.4. The number of nitrogens with zero attached hydrogens (tertiary/aromatic N) is 4. The lowest BCUT2D eigenvalue weighted by Crippen LogP contribution is -2.39. The maximum absolute atomic E-state index is 13.2. The molecule has 1 aromatic heterocycles. The largest absolute Gasteiger partial charge is 0.444 e. The van der Waals surface area contributed by atoms with Crippen molar-refractivity contribution >= 4 is 52.8 Å². The van der Waals surface area contributed by atoms with E-state index in [-0.39, 0.29) is 11.4 Å². The molecule has 1 aromatic carbocycles. The van der Waals surface area contributed by atoms with Crippen molar-refractivity contribution in [1.29, 1.82) is 0 Å². The fourth-order valence-electron chi connectivity index (χ4n) is 3.66. The summed E-state index contributed by atoms with van der Waals surface area (Å²) in [4.78, 5) is 34.9. The minimum Gasteiger partial charge on any atom is -0.444 e. The Labute approximate surface area is 219 Å². The summed E-state index contributed by atoms with van der Waals surface area (Å²) < 4.78 is 6.80. The number of nitrogen functional groups attached to an aromatic ring is 1. The van der Waals surface area contributed by atoms with Gasteiger partial charge in [-0.1, -0.05) is 41.0 Å². The quantitative estimate of drug-likeness (QED) is 0.566. The van der Waals surface area contributed by atoms with Crippen LogP contribution in [0, 0.1) is 0 Å². The average molecular weight is 544 g/mol. The fraction of sp³-hybridized carbons (Fsp3) is 0.522. The van der Waals surface area contributed by atoms with Crippen LogP contribution in [0.1, 0.15) is 27.2 Å². The van der Waals surface area contributed by atoms with Gasteiger partial charge in [-0.15, -0.1) is 0 Å². The topological polar surface area (TPSA) is 106 Å². The Morgan fingerprint density at radius 2 is 1.97 bits per heavy atom. The standard InChI is InChI=1S/C23H32Cl2N6O3S/c1-23(2,3)34-22(33)27-9-12-30-10-6-11-31(14-13-30)21-28-19(26)18(20(32)29(21)4)35-16-8-5-7-15(24)17(16)25/h5,7-8H,6,9-14,26H2,1-4H3,(H,27,33). The molecule has 0 saturated carbocycles. The van der Waals surface area contributed by atoms with E-state index >= 15 is 0 Å². The van der Waals surface area contributed by atoms with Gasteiger partial charge in [-0.05, 0) is 45.9 Å². The Morgan fingerprint density at radius 3 is 2.69 bits per heavy atom. The van der Waals surface area contributed by atoms with Gasteiger partial charge < -0.3 is 20.7 Å². The van der Waals surface area contributed by atoms with Crippen LogP contribution in [-0.2, 0) is 11.8 Å². The van der Waals surface area contributed by atoms with Crippen LogP contribution < -0.4 is 21.5 Å². The smallest absolute Gasteiger partial charge is 0.407 e. The molecule has 3 N–H and O–H groups in total. The van der Waals surface area contributed by atoms with Crippen LogP contribution in [0.25, 0.3) is 0 Å². The molecule has 12 heteroatoms. The number of anilines is 2. The molecule has 1 amide bonds. The molecule has 0 unspecified atom stereocenters. The summed E-state index contributed by atoms with van der Waals surface area (Å²) >= 11 is 13.6. The third kappa shape index (κ3) is 7.42. The Hall–Kier alpha value is -2.14. The van der Waals surface area contributed by atoms with E-state index in [1.807, 2.05) is 20.8 Å².